The van der Waals surface area contributed by atoms with Gasteiger partial charge in [-0.1, -0.05) is 31.2 Å². The monoisotopic (exact) mass is 215 g/mol. The summed E-state index contributed by atoms with van der Waals surface area (Å²) in [5.41, 5.74) is 9.72. The lowest BCUT2D eigenvalue weighted by Gasteiger charge is -2.13. The van der Waals surface area contributed by atoms with Gasteiger partial charge in [0.1, 0.15) is 0 Å². The second kappa shape index (κ2) is 4.49. The molecule has 0 bridgehead atoms. The molecule has 3 heteroatoms. The molecule has 0 fully saturated rings. The second-order valence-electron chi connectivity index (χ2n) is 3.96. The predicted octanol–water partition coefficient (Wildman–Crippen LogP) is 2.03. The van der Waals surface area contributed by atoms with Crippen LogP contribution < -0.4 is 5.73 Å². The van der Waals surface area contributed by atoms with Crippen molar-refractivity contribution in [2.75, 3.05) is 0 Å². The molecule has 1 heterocycles. The third-order valence-electron chi connectivity index (χ3n) is 2.90. The molecule has 2 N–H and O–H groups in total. The fourth-order valence-electron chi connectivity index (χ4n) is 1.87. The molecule has 2 aromatic rings. The van der Waals surface area contributed by atoms with Crippen LogP contribution in [0.4, 0.5) is 0 Å². The van der Waals surface area contributed by atoms with Crippen LogP contribution in [0, 0.1) is 0 Å². The maximum atomic E-state index is 6.22. The number of hydrogen-bond donors (Lipinski definition) is 1. The highest BCUT2D eigenvalue weighted by Gasteiger charge is 2.12. The summed E-state index contributed by atoms with van der Waals surface area (Å²) < 4.78 is 1.82. The van der Waals surface area contributed by atoms with Gasteiger partial charge in [-0.05, 0) is 23.6 Å². The number of aromatic nitrogens is 2. The van der Waals surface area contributed by atoms with E-state index in [2.05, 4.69) is 36.3 Å². The molecule has 1 aromatic carbocycles. The maximum Gasteiger partial charge on any atom is 0.0723 e. The summed E-state index contributed by atoms with van der Waals surface area (Å²) in [4.78, 5) is 0. The number of hydrogen-bond acceptors (Lipinski definition) is 2. The minimum absolute atomic E-state index is 0.0981. The molecule has 0 aliphatic rings. The van der Waals surface area contributed by atoms with E-state index in [0.717, 1.165) is 17.7 Å². The van der Waals surface area contributed by atoms with Crippen molar-refractivity contribution in [3.8, 4) is 0 Å². The van der Waals surface area contributed by atoms with E-state index in [1.165, 1.54) is 5.56 Å². The SMILES string of the molecule is CCc1cccc(C(N)c2ccnn2C)c1. The lowest BCUT2D eigenvalue weighted by molar-refractivity contribution is 0.673. The summed E-state index contributed by atoms with van der Waals surface area (Å²) >= 11 is 0. The van der Waals surface area contributed by atoms with E-state index < -0.39 is 0 Å². The Morgan fingerprint density at radius 2 is 2.19 bits per heavy atom. The van der Waals surface area contributed by atoms with E-state index in [1.807, 2.05) is 17.8 Å². The van der Waals surface area contributed by atoms with Gasteiger partial charge in [-0.2, -0.15) is 5.10 Å². The average molecular weight is 215 g/mol. The first-order valence-electron chi connectivity index (χ1n) is 5.54. The van der Waals surface area contributed by atoms with Crippen LogP contribution in [-0.4, -0.2) is 9.78 Å². The Kier molecular flexibility index (Phi) is 3.06. The largest absolute Gasteiger partial charge is 0.319 e. The van der Waals surface area contributed by atoms with Crippen LogP contribution in [0.25, 0.3) is 0 Å². The molecular formula is C13H17N3. The number of aryl methyl sites for hydroxylation is 2. The Bertz CT molecular complexity index is 474. The van der Waals surface area contributed by atoms with Gasteiger partial charge in [0.15, 0.2) is 0 Å². The second-order valence-corrected chi connectivity index (χ2v) is 3.96. The van der Waals surface area contributed by atoms with Crippen molar-refractivity contribution < 1.29 is 0 Å². The molecule has 0 saturated carbocycles. The van der Waals surface area contributed by atoms with Gasteiger partial charge in [-0.15, -0.1) is 0 Å². The van der Waals surface area contributed by atoms with Gasteiger partial charge >= 0.3 is 0 Å². The third-order valence-corrected chi connectivity index (χ3v) is 2.90. The van der Waals surface area contributed by atoms with Crippen LogP contribution in [-0.2, 0) is 13.5 Å². The van der Waals surface area contributed by atoms with E-state index in [1.54, 1.807) is 6.20 Å². The Morgan fingerprint density at radius 1 is 1.38 bits per heavy atom. The molecule has 0 aliphatic carbocycles. The molecule has 3 nitrogen and oxygen atoms in total. The lowest BCUT2D eigenvalue weighted by atomic mass is 10.0. The van der Waals surface area contributed by atoms with Gasteiger partial charge in [-0.25, -0.2) is 0 Å². The van der Waals surface area contributed by atoms with Gasteiger partial charge in [0.25, 0.3) is 0 Å². The first-order valence-corrected chi connectivity index (χ1v) is 5.54. The summed E-state index contributed by atoms with van der Waals surface area (Å²) in [7, 11) is 1.92. The van der Waals surface area contributed by atoms with Crippen LogP contribution in [0.1, 0.15) is 29.8 Å². The minimum Gasteiger partial charge on any atom is -0.319 e. The molecule has 1 aromatic heterocycles. The molecule has 1 atom stereocenters. The highest BCUT2D eigenvalue weighted by molar-refractivity contribution is 5.30. The van der Waals surface area contributed by atoms with Crippen molar-refractivity contribution in [1.82, 2.24) is 9.78 Å². The molecule has 84 valence electrons. The van der Waals surface area contributed by atoms with Crippen LogP contribution in [0.15, 0.2) is 36.5 Å². The van der Waals surface area contributed by atoms with Crippen molar-refractivity contribution >= 4 is 0 Å². The van der Waals surface area contributed by atoms with Crippen LogP contribution >= 0.6 is 0 Å². The van der Waals surface area contributed by atoms with Gasteiger partial charge in [-0.3, -0.25) is 4.68 Å². The van der Waals surface area contributed by atoms with E-state index in [0.29, 0.717) is 0 Å². The summed E-state index contributed by atoms with van der Waals surface area (Å²) in [6.07, 6.45) is 2.81. The molecule has 0 aliphatic heterocycles. The number of nitrogens with two attached hydrogens (primary N) is 1. The van der Waals surface area contributed by atoms with Gasteiger partial charge in [0.05, 0.1) is 11.7 Å². The molecule has 2 rings (SSSR count). The van der Waals surface area contributed by atoms with Crippen LogP contribution in [0.2, 0.25) is 0 Å². The summed E-state index contributed by atoms with van der Waals surface area (Å²) in [6, 6.07) is 10.3. The van der Waals surface area contributed by atoms with Crippen molar-refractivity contribution in [1.29, 1.82) is 0 Å². The van der Waals surface area contributed by atoms with E-state index in [-0.39, 0.29) is 6.04 Å². The smallest absolute Gasteiger partial charge is 0.0723 e. The van der Waals surface area contributed by atoms with Gasteiger partial charge < -0.3 is 5.73 Å². The van der Waals surface area contributed by atoms with Crippen molar-refractivity contribution in [2.24, 2.45) is 12.8 Å². The third kappa shape index (κ3) is 1.99. The number of rotatable bonds is 3. The Labute approximate surface area is 95.9 Å². The van der Waals surface area contributed by atoms with Crippen LogP contribution in [0.5, 0.6) is 0 Å². The summed E-state index contributed by atoms with van der Waals surface area (Å²) in [6.45, 7) is 2.15. The molecule has 0 spiro atoms. The molecule has 0 saturated heterocycles. The van der Waals surface area contributed by atoms with Gasteiger partial charge in [0, 0.05) is 13.2 Å². The Balaban J connectivity index is 2.33. The fraction of sp³-hybridized carbons (Fsp3) is 0.308. The van der Waals surface area contributed by atoms with E-state index >= 15 is 0 Å². The number of benzene rings is 1. The first-order chi connectivity index (χ1) is 7.72. The Hall–Kier alpha value is -1.61. The number of nitrogens with zero attached hydrogens (tertiary/aromatic N) is 2. The predicted molar refractivity (Wildman–Crippen MR) is 65.1 cm³/mol. The highest BCUT2D eigenvalue weighted by Crippen LogP contribution is 2.19. The molecule has 0 radical (unpaired) electrons. The first kappa shape index (κ1) is 10.9. The fourth-order valence-corrected chi connectivity index (χ4v) is 1.87. The van der Waals surface area contributed by atoms with Crippen molar-refractivity contribution in [2.45, 2.75) is 19.4 Å². The summed E-state index contributed by atoms with van der Waals surface area (Å²) in [5, 5.41) is 4.14. The van der Waals surface area contributed by atoms with E-state index in [4.69, 9.17) is 5.73 Å². The molecule has 0 amide bonds. The quantitative estimate of drug-likeness (QED) is 0.851. The average Bonchev–Trinajstić information content (AvgIpc) is 2.74. The highest BCUT2D eigenvalue weighted by atomic mass is 15.3. The lowest BCUT2D eigenvalue weighted by Crippen LogP contribution is -2.16. The topological polar surface area (TPSA) is 43.8 Å². The zero-order valence-electron chi connectivity index (χ0n) is 9.72. The molecule has 1 unspecified atom stereocenters. The van der Waals surface area contributed by atoms with Gasteiger partial charge in [0.2, 0.25) is 0 Å². The zero-order valence-corrected chi connectivity index (χ0v) is 9.72. The maximum absolute atomic E-state index is 6.22. The zero-order chi connectivity index (χ0) is 11.5. The van der Waals surface area contributed by atoms with E-state index in [9.17, 15) is 0 Å². The molecular weight excluding hydrogens is 198 g/mol. The standard InChI is InChI=1S/C13H17N3/c1-3-10-5-4-6-11(9-10)13(14)12-7-8-15-16(12)2/h4-9,13H,3,14H2,1-2H3. The van der Waals surface area contributed by atoms with Crippen molar-refractivity contribution in [3.05, 3.63) is 53.3 Å². The van der Waals surface area contributed by atoms with Crippen LogP contribution in [0.3, 0.4) is 0 Å². The summed E-state index contributed by atoms with van der Waals surface area (Å²) in [5.74, 6) is 0. The van der Waals surface area contributed by atoms with Crippen molar-refractivity contribution in [3.63, 3.8) is 0 Å². The normalized spacial score (nSPS) is 12.7. The minimum atomic E-state index is -0.0981. The Morgan fingerprint density at radius 3 is 2.81 bits per heavy atom. The molecule has 16 heavy (non-hydrogen) atoms.